The van der Waals surface area contributed by atoms with E-state index in [4.69, 9.17) is 0 Å². The van der Waals surface area contributed by atoms with E-state index in [0.29, 0.717) is 0 Å². The SMILES string of the molecule is CC(C)c1cc(NC(=O)c2ccccc2C(F)(F)F)n[nH]1. The number of hydrogen-bond donors (Lipinski definition) is 2. The van der Waals surface area contributed by atoms with Gasteiger partial charge in [0, 0.05) is 11.8 Å². The van der Waals surface area contributed by atoms with E-state index in [1.807, 2.05) is 13.8 Å². The summed E-state index contributed by atoms with van der Waals surface area (Å²) in [5.74, 6) is -0.476. The number of carbonyl (C=O) groups excluding carboxylic acids is 1. The third kappa shape index (κ3) is 3.42. The Balaban J connectivity index is 2.24. The molecule has 0 unspecified atom stereocenters. The molecule has 1 heterocycles. The lowest BCUT2D eigenvalue weighted by atomic mass is 10.1. The summed E-state index contributed by atoms with van der Waals surface area (Å²) in [6.45, 7) is 3.86. The minimum atomic E-state index is -4.58. The average Bonchev–Trinajstić information content (AvgIpc) is 2.86. The van der Waals surface area contributed by atoms with Gasteiger partial charge in [0.15, 0.2) is 5.82 Å². The molecule has 7 heteroatoms. The highest BCUT2D eigenvalue weighted by atomic mass is 19.4. The lowest BCUT2D eigenvalue weighted by Gasteiger charge is -2.11. The fourth-order valence-electron chi connectivity index (χ4n) is 1.81. The van der Waals surface area contributed by atoms with E-state index < -0.39 is 23.2 Å². The Labute approximate surface area is 119 Å². The number of rotatable bonds is 3. The van der Waals surface area contributed by atoms with Crippen LogP contribution in [-0.4, -0.2) is 16.1 Å². The Bertz CT molecular complexity index is 647. The lowest BCUT2D eigenvalue weighted by Crippen LogP contribution is -2.18. The van der Waals surface area contributed by atoms with Gasteiger partial charge in [-0.05, 0) is 18.1 Å². The van der Waals surface area contributed by atoms with Gasteiger partial charge in [-0.25, -0.2) is 0 Å². The second-order valence-corrected chi connectivity index (χ2v) is 4.86. The molecular formula is C14H14F3N3O. The van der Waals surface area contributed by atoms with Crippen molar-refractivity contribution in [2.45, 2.75) is 25.9 Å². The summed E-state index contributed by atoms with van der Waals surface area (Å²) in [7, 11) is 0. The molecule has 0 saturated heterocycles. The number of aromatic amines is 1. The van der Waals surface area contributed by atoms with Crippen molar-refractivity contribution in [3.8, 4) is 0 Å². The fourth-order valence-corrected chi connectivity index (χ4v) is 1.81. The zero-order chi connectivity index (χ0) is 15.6. The maximum atomic E-state index is 12.9. The normalized spacial score (nSPS) is 11.7. The monoisotopic (exact) mass is 297 g/mol. The van der Waals surface area contributed by atoms with Gasteiger partial charge in [0.2, 0.25) is 0 Å². The van der Waals surface area contributed by atoms with Gasteiger partial charge in [0.25, 0.3) is 5.91 Å². The van der Waals surface area contributed by atoms with Crippen molar-refractivity contribution in [1.29, 1.82) is 0 Å². The number of halogens is 3. The summed E-state index contributed by atoms with van der Waals surface area (Å²) in [4.78, 5) is 12.0. The number of amides is 1. The second-order valence-electron chi connectivity index (χ2n) is 4.86. The molecule has 0 aliphatic carbocycles. The molecule has 0 bridgehead atoms. The van der Waals surface area contributed by atoms with Crippen molar-refractivity contribution < 1.29 is 18.0 Å². The van der Waals surface area contributed by atoms with Crippen LogP contribution in [-0.2, 0) is 6.18 Å². The van der Waals surface area contributed by atoms with Gasteiger partial charge >= 0.3 is 6.18 Å². The Morgan fingerprint density at radius 1 is 1.29 bits per heavy atom. The van der Waals surface area contributed by atoms with Gasteiger partial charge < -0.3 is 5.32 Å². The first-order valence-corrected chi connectivity index (χ1v) is 6.32. The minimum Gasteiger partial charge on any atom is -0.305 e. The molecule has 1 aromatic heterocycles. The third-order valence-electron chi connectivity index (χ3n) is 2.94. The number of benzene rings is 1. The van der Waals surface area contributed by atoms with Gasteiger partial charge in [0.1, 0.15) is 0 Å². The molecule has 0 aliphatic heterocycles. The largest absolute Gasteiger partial charge is 0.417 e. The van der Waals surface area contributed by atoms with E-state index in [9.17, 15) is 18.0 Å². The second kappa shape index (κ2) is 5.59. The van der Waals surface area contributed by atoms with Crippen molar-refractivity contribution in [1.82, 2.24) is 10.2 Å². The Kier molecular flexibility index (Phi) is 4.02. The standard InChI is InChI=1S/C14H14F3N3O/c1-8(2)11-7-12(20-19-11)18-13(21)9-5-3-4-6-10(9)14(15,16)17/h3-8H,1-2H3,(H2,18,19,20,21). The molecule has 0 spiro atoms. The number of carbonyl (C=O) groups is 1. The molecule has 0 atom stereocenters. The Morgan fingerprint density at radius 3 is 2.52 bits per heavy atom. The minimum absolute atomic E-state index is 0.172. The smallest absolute Gasteiger partial charge is 0.305 e. The predicted molar refractivity (Wildman–Crippen MR) is 72.1 cm³/mol. The van der Waals surface area contributed by atoms with Crippen LogP contribution in [0.1, 0.15) is 41.4 Å². The average molecular weight is 297 g/mol. The number of nitrogens with one attached hydrogen (secondary N) is 2. The van der Waals surface area contributed by atoms with Crippen LogP contribution < -0.4 is 5.32 Å². The van der Waals surface area contributed by atoms with Crippen LogP contribution in [0.3, 0.4) is 0 Å². The van der Waals surface area contributed by atoms with E-state index in [1.165, 1.54) is 12.1 Å². The van der Waals surface area contributed by atoms with Gasteiger partial charge in [0.05, 0.1) is 11.1 Å². The van der Waals surface area contributed by atoms with Gasteiger partial charge in [-0.15, -0.1) is 0 Å². The van der Waals surface area contributed by atoms with Gasteiger partial charge in [-0.3, -0.25) is 9.89 Å². The molecule has 0 aliphatic rings. The third-order valence-corrected chi connectivity index (χ3v) is 2.94. The first-order chi connectivity index (χ1) is 9.79. The molecule has 21 heavy (non-hydrogen) atoms. The first-order valence-electron chi connectivity index (χ1n) is 6.32. The summed E-state index contributed by atoms with van der Waals surface area (Å²) in [6.07, 6.45) is -4.58. The number of aromatic nitrogens is 2. The molecule has 2 aromatic rings. The molecule has 2 N–H and O–H groups in total. The molecule has 1 amide bonds. The maximum Gasteiger partial charge on any atom is 0.417 e. The van der Waals surface area contributed by atoms with Crippen LogP contribution in [0.4, 0.5) is 19.0 Å². The van der Waals surface area contributed by atoms with E-state index >= 15 is 0 Å². The quantitative estimate of drug-likeness (QED) is 0.905. The zero-order valence-electron chi connectivity index (χ0n) is 11.5. The highest BCUT2D eigenvalue weighted by molar-refractivity contribution is 6.05. The van der Waals surface area contributed by atoms with Crippen molar-refractivity contribution in [2.75, 3.05) is 5.32 Å². The number of H-pyrrole nitrogens is 1. The topological polar surface area (TPSA) is 57.8 Å². The van der Waals surface area contributed by atoms with Gasteiger partial charge in [-0.1, -0.05) is 26.0 Å². The number of nitrogens with zero attached hydrogens (tertiary/aromatic N) is 1. The van der Waals surface area contributed by atoms with Crippen LogP contribution >= 0.6 is 0 Å². The lowest BCUT2D eigenvalue weighted by molar-refractivity contribution is -0.137. The van der Waals surface area contributed by atoms with E-state index in [1.54, 1.807) is 6.07 Å². The maximum absolute atomic E-state index is 12.9. The van der Waals surface area contributed by atoms with Crippen LogP contribution in [0.25, 0.3) is 0 Å². The van der Waals surface area contributed by atoms with Crippen molar-refractivity contribution >= 4 is 11.7 Å². The Hall–Kier alpha value is -2.31. The van der Waals surface area contributed by atoms with E-state index in [2.05, 4.69) is 15.5 Å². The van der Waals surface area contributed by atoms with Crippen molar-refractivity contribution in [2.24, 2.45) is 0 Å². The summed E-state index contributed by atoms with van der Waals surface area (Å²) in [6, 6.07) is 6.23. The molecule has 4 nitrogen and oxygen atoms in total. The van der Waals surface area contributed by atoms with Crippen LogP contribution in [0, 0.1) is 0 Å². The highest BCUT2D eigenvalue weighted by Gasteiger charge is 2.34. The molecule has 0 fully saturated rings. The zero-order valence-corrected chi connectivity index (χ0v) is 11.5. The van der Waals surface area contributed by atoms with Crippen LogP contribution in [0.2, 0.25) is 0 Å². The highest BCUT2D eigenvalue weighted by Crippen LogP contribution is 2.32. The number of alkyl halides is 3. The Morgan fingerprint density at radius 2 is 1.95 bits per heavy atom. The molecule has 0 saturated carbocycles. The predicted octanol–water partition coefficient (Wildman–Crippen LogP) is 3.80. The molecule has 2 rings (SSSR count). The summed E-state index contributed by atoms with van der Waals surface area (Å²) >= 11 is 0. The molecule has 0 radical (unpaired) electrons. The summed E-state index contributed by atoms with van der Waals surface area (Å²) in [5, 5.41) is 8.94. The molecule has 1 aromatic carbocycles. The number of hydrogen-bond acceptors (Lipinski definition) is 2. The summed E-state index contributed by atoms with van der Waals surface area (Å²) in [5.41, 5.74) is -0.615. The fraction of sp³-hybridized carbons (Fsp3) is 0.286. The summed E-state index contributed by atoms with van der Waals surface area (Å²) < 4.78 is 38.6. The van der Waals surface area contributed by atoms with Gasteiger partial charge in [-0.2, -0.15) is 18.3 Å². The van der Waals surface area contributed by atoms with Crippen LogP contribution in [0.5, 0.6) is 0 Å². The van der Waals surface area contributed by atoms with Crippen molar-refractivity contribution in [3.05, 3.63) is 47.2 Å². The molecular weight excluding hydrogens is 283 g/mol. The van der Waals surface area contributed by atoms with E-state index in [-0.39, 0.29) is 11.7 Å². The van der Waals surface area contributed by atoms with Crippen molar-refractivity contribution in [3.63, 3.8) is 0 Å². The van der Waals surface area contributed by atoms with Crippen LogP contribution in [0.15, 0.2) is 30.3 Å². The number of anilines is 1. The van der Waals surface area contributed by atoms with E-state index in [0.717, 1.165) is 17.8 Å². The molecule has 112 valence electrons. The first kappa shape index (κ1) is 15.1.